The number of allylic oxidation sites excluding steroid dienone is 1. The van der Waals surface area contributed by atoms with E-state index in [1.165, 1.54) is 4.90 Å². The van der Waals surface area contributed by atoms with Crippen LogP contribution in [-0.2, 0) is 4.74 Å². The molecule has 1 saturated heterocycles. The zero-order valence-electron chi connectivity index (χ0n) is 11.9. The summed E-state index contributed by atoms with van der Waals surface area (Å²) in [4.78, 5) is 13.5. The molecule has 4 nitrogen and oxygen atoms in total. The Bertz CT molecular complexity index is 321. The van der Waals surface area contributed by atoms with Gasteiger partial charge in [-0.25, -0.2) is 4.79 Å². The lowest BCUT2D eigenvalue weighted by atomic mass is 9.77. The molecule has 0 aliphatic carbocycles. The fraction of sp³-hybridized carbons (Fsp3) is 0.786. The molecule has 2 atom stereocenters. The van der Waals surface area contributed by atoms with Gasteiger partial charge in [-0.1, -0.05) is 13.0 Å². The van der Waals surface area contributed by atoms with Gasteiger partial charge in [0, 0.05) is 12.0 Å². The quantitative estimate of drug-likeness (QED) is 0.772. The van der Waals surface area contributed by atoms with Crippen molar-refractivity contribution in [1.29, 1.82) is 0 Å². The van der Waals surface area contributed by atoms with Gasteiger partial charge in [0.05, 0.1) is 0 Å². The van der Waals surface area contributed by atoms with Gasteiger partial charge in [-0.3, -0.25) is 4.90 Å². The zero-order chi connectivity index (χ0) is 14.0. The van der Waals surface area contributed by atoms with Gasteiger partial charge in [-0.2, -0.15) is 0 Å². The number of nitrogens with zero attached hydrogens (tertiary/aromatic N) is 1. The van der Waals surface area contributed by atoms with Gasteiger partial charge >= 0.3 is 6.09 Å². The number of likely N-dealkylation sites (tertiary alicyclic amines) is 1. The summed E-state index contributed by atoms with van der Waals surface area (Å²) >= 11 is 0. The van der Waals surface area contributed by atoms with E-state index in [-0.39, 0.29) is 5.41 Å². The molecular weight excluding hydrogens is 230 g/mol. The summed E-state index contributed by atoms with van der Waals surface area (Å²) in [5.41, 5.74) is -0.861. The third-order valence-corrected chi connectivity index (χ3v) is 3.30. The van der Waals surface area contributed by atoms with Gasteiger partial charge in [0.2, 0.25) is 0 Å². The van der Waals surface area contributed by atoms with Gasteiger partial charge in [-0.05, 0) is 40.0 Å². The van der Waals surface area contributed by atoms with Gasteiger partial charge in [0.15, 0.2) is 0 Å². The number of hydrogen-bond donors (Lipinski definition) is 1. The number of aliphatic hydroxyl groups excluding tert-OH is 1. The van der Waals surface area contributed by atoms with Gasteiger partial charge < -0.3 is 9.84 Å². The zero-order valence-corrected chi connectivity index (χ0v) is 11.9. The second-order valence-electron chi connectivity index (χ2n) is 6.30. The van der Waals surface area contributed by atoms with Gasteiger partial charge in [0.25, 0.3) is 0 Å². The highest BCUT2D eigenvalue weighted by molar-refractivity contribution is 5.68. The van der Waals surface area contributed by atoms with Crippen LogP contribution in [0.15, 0.2) is 12.7 Å². The molecule has 1 heterocycles. The predicted molar refractivity (Wildman–Crippen MR) is 71.1 cm³/mol. The fourth-order valence-corrected chi connectivity index (χ4v) is 2.33. The van der Waals surface area contributed by atoms with Crippen LogP contribution in [0.25, 0.3) is 0 Å². The molecule has 0 aromatic rings. The largest absolute Gasteiger partial charge is 0.444 e. The summed E-state index contributed by atoms with van der Waals surface area (Å²) in [5.74, 6) is 0. The number of aliphatic hydroxyl groups is 1. The van der Waals surface area contributed by atoms with E-state index in [1.807, 2.05) is 27.7 Å². The lowest BCUT2D eigenvalue weighted by Crippen LogP contribution is -2.54. The monoisotopic (exact) mass is 255 g/mol. The standard InChI is InChI=1S/C14H25NO3/c1-6-8-14(5)9-7-10-15(11(14)16)12(17)18-13(2,3)4/h6,11,16H,1,7-10H2,2-5H3/t11?,14-/m1/s1. The summed E-state index contributed by atoms with van der Waals surface area (Å²) in [7, 11) is 0. The van der Waals surface area contributed by atoms with Crippen molar-refractivity contribution in [3.8, 4) is 0 Å². The molecule has 0 radical (unpaired) electrons. The molecular formula is C14H25NO3. The van der Waals surface area contributed by atoms with Crippen molar-refractivity contribution in [2.45, 2.75) is 58.8 Å². The summed E-state index contributed by atoms with van der Waals surface area (Å²) in [6.07, 6.45) is 3.00. The second-order valence-corrected chi connectivity index (χ2v) is 6.30. The number of carbonyl (C=O) groups excluding carboxylic acids is 1. The molecule has 0 spiro atoms. The van der Waals surface area contributed by atoms with E-state index < -0.39 is 17.9 Å². The Morgan fingerprint density at radius 2 is 2.22 bits per heavy atom. The van der Waals surface area contributed by atoms with E-state index >= 15 is 0 Å². The van der Waals surface area contributed by atoms with Crippen molar-refractivity contribution in [3.05, 3.63) is 12.7 Å². The number of carbonyl (C=O) groups is 1. The van der Waals surface area contributed by atoms with Gasteiger partial charge in [-0.15, -0.1) is 6.58 Å². The van der Waals surface area contributed by atoms with E-state index in [9.17, 15) is 9.90 Å². The molecule has 1 fully saturated rings. The van der Waals surface area contributed by atoms with Crippen LogP contribution in [0.2, 0.25) is 0 Å². The van der Waals surface area contributed by atoms with Crippen LogP contribution in [0, 0.1) is 5.41 Å². The molecule has 0 aromatic carbocycles. The first-order valence-corrected chi connectivity index (χ1v) is 6.48. The molecule has 1 amide bonds. The summed E-state index contributed by atoms with van der Waals surface area (Å²) in [5, 5.41) is 10.4. The number of amides is 1. The van der Waals surface area contributed by atoms with Crippen LogP contribution in [0.4, 0.5) is 4.79 Å². The number of rotatable bonds is 2. The van der Waals surface area contributed by atoms with Crippen LogP contribution >= 0.6 is 0 Å². The van der Waals surface area contributed by atoms with Crippen LogP contribution in [0.1, 0.15) is 47.0 Å². The lowest BCUT2D eigenvalue weighted by Gasteiger charge is -2.45. The smallest absolute Gasteiger partial charge is 0.412 e. The molecule has 104 valence electrons. The van der Waals surface area contributed by atoms with Crippen molar-refractivity contribution in [2.75, 3.05) is 6.54 Å². The van der Waals surface area contributed by atoms with Crippen LogP contribution in [0.5, 0.6) is 0 Å². The van der Waals surface area contributed by atoms with E-state index in [0.717, 1.165) is 12.8 Å². The maximum atomic E-state index is 12.0. The highest BCUT2D eigenvalue weighted by Crippen LogP contribution is 2.38. The molecule has 1 aliphatic rings. The first kappa shape index (κ1) is 15.0. The Balaban J connectivity index is 2.77. The number of hydrogen-bond acceptors (Lipinski definition) is 3. The van der Waals surface area contributed by atoms with Crippen LogP contribution in [0.3, 0.4) is 0 Å². The third-order valence-electron chi connectivity index (χ3n) is 3.30. The van der Waals surface area contributed by atoms with E-state index in [0.29, 0.717) is 13.0 Å². The maximum absolute atomic E-state index is 12.0. The molecule has 4 heteroatoms. The third kappa shape index (κ3) is 3.48. The molecule has 0 bridgehead atoms. The van der Waals surface area contributed by atoms with Crippen LogP contribution in [-0.4, -0.2) is 34.5 Å². The minimum atomic E-state index is -0.806. The summed E-state index contributed by atoms with van der Waals surface area (Å²) < 4.78 is 5.32. The average molecular weight is 255 g/mol. The summed E-state index contributed by atoms with van der Waals surface area (Å²) in [6.45, 7) is 11.7. The van der Waals surface area contributed by atoms with Crippen molar-refractivity contribution in [1.82, 2.24) is 4.90 Å². The lowest BCUT2D eigenvalue weighted by molar-refractivity contribution is -0.110. The van der Waals surface area contributed by atoms with Crippen molar-refractivity contribution < 1.29 is 14.6 Å². The van der Waals surface area contributed by atoms with E-state index in [1.54, 1.807) is 6.08 Å². The Morgan fingerprint density at radius 3 is 2.72 bits per heavy atom. The predicted octanol–water partition coefficient (Wildman–Crippen LogP) is 2.92. The SMILES string of the molecule is C=CC[C@]1(C)CCCN(C(=O)OC(C)(C)C)C1O. The number of ether oxygens (including phenoxy) is 1. The molecule has 1 aliphatic heterocycles. The molecule has 1 unspecified atom stereocenters. The van der Waals surface area contributed by atoms with E-state index in [4.69, 9.17) is 4.74 Å². The Hall–Kier alpha value is -1.03. The minimum absolute atomic E-state index is 0.323. The van der Waals surface area contributed by atoms with Crippen molar-refractivity contribution in [2.24, 2.45) is 5.41 Å². The number of piperidine rings is 1. The highest BCUT2D eigenvalue weighted by Gasteiger charge is 2.42. The molecule has 0 saturated carbocycles. The van der Waals surface area contributed by atoms with Gasteiger partial charge in [0.1, 0.15) is 11.8 Å². The molecule has 18 heavy (non-hydrogen) atoms. The van der Waals surface area contributed by atoms with E-state index in [2.05, 4.69) is 6.58 Å². The van der Waals surface area contributed by atoms with Crippen molar-refractivity contribution >= 4 is 6.09 Å². The van der Waals surface area contributed by atoms with Crippen molar-refractivity contribution in [3.63, 3.8) is 0 Å². The normalized spacial score (nSPS) is 28.9. The average Bonchev–Trinajstić information content (AvgIpc) is 2.20. The van der Waals surface area contributed by atoms with Crippen LogP contribution < -0.4 is 0 Å². The Kier molecular flexibility index (Phi) is 4.43. The summed E-state index contributed by atoms with van der Waals surface area (Å²) in [6, 6.07) is 0. The Morgan fingerprint density at radius 1 is 1.61 bits per heavy atom. The first-order chi connectivity index (χ1) is 8.19. The first-order valence-electron chi connectivity index (χ1n) is 6.48. The maximum Gasteiger partial charge on any atom is 0.412 e. The second kappa shape index (κ2) is 5.31. The molecule has 1 N–H and O–H groups in total. The molecule has 1 rings (SSSR count). The molecule has 0 aromatic heterocycles. The fourth-order valence-electron chi connectivity index (χ4n) is 2.33. The Labute approximate surface area is 110 Å². The topological polar surface area (TPSA) is 49.8 Å². The minimum Gasteiger partial charge on any atom is -0.444 e. The highest BCUT2D eigenvalue weighted by atomic mass is 16.6.